The van der Waals surface area contributed by atoms with Crippen LogP contribution in [0.2, 0.25) is 5.02 Å². The lowest BCUT2D eigenvalue weighted by molar-refractivity contribution is 0.229. The first-order valence-electron chi connectivity index (χ1n) is 7.06. The molecule has 1 fully saturated rings. The van der Waals surface area contributed by atoms with E-state index in [9.17, 15) is 0 Å². The van der Waals surface area contributed by atoms with Crippen LogP contribution in [0.5, 0.6) is 11.5 Å². The van der Waals surface area contributed by atoms with E-state index >= 15 is 0 Å². The SMILES string of the molecule is COc1cc(C(CCN)N2CCCC2)c(OC)cc1Cl. The largest absolute Gasteiger partial charge is 0.496 e. The molecule has 0 amide bonds. The van der Waals surface area contributed by atoms with Crippen molar-refractivity contribution in [1.82, 2.24) is 4.90 Å². The fourth-order valence-electron chi connectivity index (χ4n) is 2.89. The molecule has 0 saturated carbocycles. The number of nitrogens with two attached hydrogens (primary N) is 1. The third-order valence-corrected chi connectivity index (χ3v) is 4.18. The van der Waals surface area contributed by atoms with E-state index in [0.29, 0.717) is 17.3 Å². The number of halogens is 1. The van der Waals surface area contributed by atoms with Crippen LogP contribution in [-0.2, 0) is 0 Å². The summed E-state index contributed by atoms with van der Waals surface area (Å²) in [6.45, 7) is 2.87. The number of methoxy groups -OCH3 is 2. The summed E-state index contributed by atoms with van der Waals surface area (Å²) in [7, 11) is 3.30. The van der Waals surface area contributed by atoms with Crippen molar-refractivity contribution >= 4 is 11.6 Å². The summed E-state index contributed by atoms with van der Waals surface area (Å²) in [5.41, 5.74) is 6.91. The number of likely N-dealkylation sites (tertiary alicyclic amines) is 1. The van der Waals surface area contributed by atoms with Gasteiger partial charge >= 0.3 is 0 Å². The van der Waals surface area contributed by atoms with Gasteiger partial charge in [0.1, 0.15) is 11.5 Å². The Morgan fingerprint density at radius 3 is 2.40 bits per heavy atom. The van der Waals surface area contributed by atoms with E-state index in [1.165, 1.54) is 12.8 Å². The fourth-order valence-corrected chi connectivity index (χ4v) is 3.12. The highest BCUT2D eigenvalue weighted by Crippen LogP contribution is 2.39. The zero-order valence-corrected chi connectivity index (χ0v) is 12.9. The normalized spacial score (nSPS) is 17.2. The van der Waals surface area contributed by atoms with Gasteiger partial charge in [-0.05, 0) is 45.0 Å². The Morgan fingerprint density at radius 1 is 1.20 bits per heavy atom. The van der Waals surface area contributed by atoms with Crippen LogP contribution < -0.4 is 15.2 Å². The second kappa shape index (κ2) is 7.16. The van der Waals surface area contributed by atoms with Gasteiger partial charge in [-0.1, -0.05) is 11.6 Å². The average Bonchev–Trinajstić information content (AvgIpc) is 2.98. The minimum atomic E-state index is 0.267. The Morgan fingerprint density at radius 2 is 1.85 bits per heavy atom. The van der Waals surface area contributed by atoms with E-state index < -0.39 is 0 Å². The molecule has 112 valence electrons. The van der Waals surface area contributed by atoms with Gasteiger partial charge in [-0.15, -0.1) is 0 Å². The molecule has 5 heteroatoms. The molecular weight excluding hydrogens is 276 g/mol. The van der Waals surface area contributed by atoms with Crippen molar-refractivity contribution < 1.29 is 9.47 Å². The summed E-state index contributed by atoms with van der Waals surface area (Å²) < 4.78 is 10.8. The molecule has 2 rings (SSSR count). The lowest BCUT2D eigenvalue weighted by atomic mass is 10.0. The third-order valence-electron chi connectivity index (χ3n) is 3.88. The highest BCUT2D eigenvalue weighted by atomic mass is 35.5. The summed E-state index contributed by atoms with van der Waals surface area (Å²) in [6.07, 6.45) is 3.39. The van der Waals surface area contributed by atoms with Crippen molar-refractivity contribution in [2.45, 2.75) is 25.3 Å². The quantitative estimate of drug-likeness (QED) is 0.877. The van der Waals surface area contributed by atoms with E-state index in [1.54, 1.807) is 14.2 Å². The maximum Gasteiger partial charge on any atom is 0.138 e. The van der Waals surface area contributed by atoms with Crippen LogP contribution in [0.3, 0.4) is 0 Å². The Labute approximate surface area is 125 Å². The molecule has 1 atom stereocenters. The fraction of sp³-hybridized carbons (Fsp3) is 0.600. The molecule has 1 aliphatic rings. The number of rotatable bonds is 6. The number of nitrogens with zero attached hydrogens (tertiary/aromatic N) is 1. The molecule has 0 aliphatic carbocycles. The lowest BCUT2D eigenvalue weighted by Crippen LogP contribution is -2.28. The molecule has 1 aromatic rings. The molecule has 0 spiro atoms. The molecule has 0 aromatic heterocycles. The van der Waals surface area contributed by atoms with Gasteiger partial charge in [0, 0.05) is 17.7 Å². The standard InChI is InChI=1S/C15H23ClN2O2/c1-19-14-10-12(16)15(20-2)9-11(14)13(5-6-17)18-7-3-4-8-18/h9-10,13H,3-8,17H2,1-2H3. The zero-order chi connectivity index (χ0) is 14.5. The summed E-state index contributed by atoms with van der Waals surface area (Å²) >= 11 is 6.18. The molecule has 0 radical (unpaired) electrons. The Bertz CT molecular complexity index is 448. The highest BCUT2D eigenvalue weighted by molar-refractivity contribution is 6.32. The van der Waals surface area contributed by atoms with Crippen LogP contribution >= 0.6 is 11.6 Å². The average molecular weight is 299 g/mol. The second-order valence-corrected chi connectivity index (χ2v) is 5.47. The highest BCUT2D eigenvalue weighted by Gasteiger charge is 2.26. The Hall–Kier alpha value is -0.970. The van der Waals surface area contributed by atoms with Crippen molar-refractivity contribution in [2.24, 2.45) is 5.73 Å². The van der Waals surface area contributed by atoms with Gasteiger partial charge in [0.15, 0.2) is 0 Å². The first kappa shape index (κ1) is 15.4. The van der Waals surface area contributed by atoms with Crippen molar-refractivity contribution in [1.29, 1.82) is 0 Å². The molecule has 0 bridgehead atoms. The monoisotopic (exact) mass is 298 g/mol. The van der Waals surface area contributed by atoms with Crippen LogP contribution in [0.1, 0.15) is 30.9 Å². The Kier molecular flexibility index (Phi) is 5.52. The molecule has 1 aliphatic heterocycles. The first-order chi connectivity index (χ1) is 9.71. The second-order valence-electron chi connectivity index (χ2n) is 5.06. The molecule has 1 saturated heterocycles. The summed E-state index contributed by atoms with van der Waals surface area (Å²) in [6, 6.07) is 4.08. The minimum absolute atomic E-state index is 0.267. The van der Waals surface area contributed by atoms with Gasteiger partial charge in [-0.25, -0.2) is 0 Å². The third kappa shape index (κ3) is 3.19. The number of benzene rings is 1. The molecule has 1 heterocycles. The number of hydrogen-bond acceptors (Lipinski definition) is 4. The summed E-state index contributed by atoms with van der Waals surface area (Å²) in [5, 5.41) is 0.570. The van der Waals surface area contributed by atoms with Crippen molar-refractivity contribution in [3.05, 3.63) is 22.7 Å². The number of ether oxygens (including phenoxy) is 2. The lowest BCUT2D eigenvalue weighted by Gasteiger charge is -2.29. The van der Waals surface area contributed by atoms with Gasteiger partial charge in [0.25, 0.3) is 0 Å². The van der Waals surface area contributed by atoms with Gasteiger partial charge in [-0.3, -0.25) is 4.90 Å². The molecule has 1 aromatic carbocycles. The van der Waals surface area contributed by atoms with Gasteiger partial charge in [0.05, 0.1) is 19.2 Å². The zero-order valence-electron chi connectivity index (χ0n) is 12.2. The predicted octanol–water partition coefficient (Wildman–Crippen LogP) is 2.84. The van der Waals surface area contributed by atoms with E-state index in [4.69, 9.17) is 26.8 Å². The van der Waals surface area contributed by atoms with E-state index in [-0.39, 0.29) is 6.04 Å². The van der Waals surface area contributed by atoms with Crippen molar-refractivity contribution in [3.8, 4) is 11.5 Å². The molecule has 2 N–H and O–H groups in total. The molecule has 4 nitrogen and oxygen atoms in total. The molecule has 20 heavy (non-hydrogen) atoms. The van der Waals surface area contributed by atoms with Crippen LogP contribution in [0.15, 0.2) is 12.1 Å². The van der Waals surface area contributed by atoms with Crippen LogP contribution in [0.4, 0.5) is 0 Å². The summed E-state index contributed by atoms with van der Waals surface area (Å²) in [4.78, 5) is 2.47. The van der Waals surface area contributed by atoms with Crippen molar-refractivity contribution in [3.63, 3.8) is 0 Å². The topological polar surface area (TPSA) is 47.7 Å². The first-order valence-corrected chi connectivity index (χ1v) is 7.44. The van der Waals surface area contributed by atoms with Crippen LogP contribution in [0, 0.1) is 0 Å². The van der Waals surface area contributed by atoms with Gasteiger partial charge in [0.2, 0.25) is 0 Å². The van der Waals surface area contributed by atoms with E-state index in [0.717, 1.165) is 30.8 Å². The van der Waals surface area contributed by atoms with E-state index in [2.05, 4.69) is 4.90 Å². The van der Waals surface area contributed by atoms with E-state index in [1.807, 2.05) is 12.1 Å². The maximum absolute atomic E-state index is 6.18. The maximum atomic E-state index is 6.18. The smallest absolute Gasteiger partial charge is 0.138 e. The Balaban J connectivity index is 2.39. The van der Waals surface area contributed by atoms with Crippen molar-refractivity contribution in [2.75, 3.05) is 33.9 Å². The number of hydrogen-bond donors (Lipinski definition) is 1. The molecular formula is C15H23ClN2O2. The summed E-state index contributed by atoms with van der Waals surface area (Å²) in [5.74, 6) is 1.49. The van der Waals surface area contributed by atoms with Gasteiger partial charge in [-0.2, -0.15) is 0 Å². The minimum Gasteiger partial charge on any atom is -0.496 e. The van der Waals surface area contributed by atoms with Gasteiger partial charge < -0.3 is 15.2 Å². The van der Waals surface area contributed by atoms with Crippen LogP contribution in [-0.4, -0.2) is 38.8 Å². The van der Waals surface area contributed by atoms with Crippen LogP contribution in [0.25, 0.3) is 0 Å². The molecule has 1 unspecified atom stereocenters. The predicted molar refractivity (Wildman–Crippen MR) is 81.8 cm³/mol.